The summed E-state index contributed by atoms with van der Waals surface area (Å²) in [5.74, 6) is -0.380. The minimum absolute atomic E-state index is 0.000519. The summed E-state index contributed by atoms with van der Waals surface area (Å²) in [7, 11) is 0. The predicted molar refractivity (Wildman–Crippen MR) is 103 cm³/mol. The van der Waals surface area contributed by atoms with Crippen molar-refractivity contribution in [3.63, 3.8) is 0 Å². The van der Waals surface area contributed by atoms with E-state index in [-0.39, 0.29) is 27.8 Å². The van der Waals surface area contributed by atoms with E-state index < -0.39 is 5.82 Å². The Labute approximate surface area is 168 Å². The lowest BCUT2D eigenvalue weighted by molar-refractivity contribution is -0.125. The van der Waals surface area contributed by atoms with Crippen molar-refractivity contribution >= 4 is 33.4 Å². The van der Waals surface area contributed by atoms with E-state index in [9.17, 15) is 14.4 Å². The van der Waals surface area contributed by atoms with Gasteiger partial charge in [-0.3, -0.25) is 4.79 Å². The molecule has 0 spiro atoms. The van der Waals surface area contributed by atoms with Crippen LogP contribution in [0.3, 0.4) is 0 Å². The maximum absolute atomic E-state index is 13.4. The van der Waals surface area contributed by atoms with E-state index in [1.165, 1.54) is 18.2 Å². The summed E-state index contributed by atoms with van der Waals surface area (Å²) < 4.78 is 18.4. The van der Waals surface area contributed by atoms with Crippen LogP contribution in [0.5, 0.6) is 0 Å². The molecule has 0 atom stereocenters. The van der Waals surface area contributed by atoms with Crippen LogP contribution in [0, 0.1) is 11.7 Å². The van der Waals surface area contributed by atoms with Crippen molar-refractivity contribution in [1.82, 2.24) is 20.9 Å². The first kappa shape index (κ1) is 20.2. The maximum atomic E-state index is 13.4. The lowest BCUT2D eigenvalue weighted by Gasteiger charge is -2.21. The number of halogens is 2. The average molecular weight is 455 g/mol. The van der Waals surface area contributed by atoms with E-state index in [0.717, 1.165) is 25.9 Å². The number of carbonyl (C=O) groups excluding carboxylic acids is 1. The Bertz CT molecular complexity index is 853. The molecule has 1 saturated heterocycles. The normalized spacial score (nSPS) is 15.4. The maximum Gasteiger partial charge on any atom is 0.223 e. The zero-order valence-corrected chi connectivity index (χ0v) is 16.5. The van der Waals surface area contributed by atoms with Gasteiger partial charge in [0.1, 0.15) is 11.5 Å². The van der Waals surface area contributed by atoms with Crippen LogP contribution in [0.2, 0.25) is 0 Å². The zero-order chi connectivity index (χ0) is 19.9. The molecule has 0 bridgehead atoms. The fourth-order valence-corrected chi connectivity index (χ4v) is 3.30. The van der Waals surface area contributed by atoms with Gasteiger partial charge in [-0.15, -0.1) is 0 Å². The summed E-state index contributed by atoms with van der Waals surface area (Å²) in [5, 5.41) is 29.1. The highest BCUT2D eigenvalue weighted by molar-refractivity contribution is 9.10. The molecule has 1 aliphatic rings. The van der Waals surface area contributed by atoms with Crippen molar-refractivity contribution in [2.45, 2.75) is 19.3 Å². The minimum Gasteiger partial charge on any atom is -0.409 e. The molecule has 1 fully saturated rings. The van der Waals surface area contributed by atoms with Crippen molar-refractivity contribution in [3.8, 4) is 0 Å². The molecule has 0 unspecified atom stereocenters. The summed E-state index contributed by atoms with van der Waals surface area (Å²) in [6.45, 7) is 2.04. The number of oxime groups is 1. The molecule has 1 amide bonds. The Balaban J connectivity index is 1.59. The molecule has 4 N–H and O–H groups in total. The highest BCUT2D eigenvalue weighted by Crippen LogP contribution is 2.21. The van der Waals surface area contributed by atoms with Crippen LogP contribution in [0.15, 0.2) is 32.5 Å². The van der Waals surface area contributed by atoms with Crippen molar-refractivity contribution in [2.75, 3.05) is 25.0 Å². The first-order valence-electron chi connectivity index (χ1n) is 8.83. The van der Waals surface area contributed by atoms with Crippen LogP contribution in [0.4, 0.5) is 10.1 Å². The van der Waals surface area contributed by atoms with Gasteiger partial charge >= 0.3 is 0 Å². The van der Waals surface area contributed by atoms with Crippen molar-refractivity contribution in [1.29, 1.82) is 0 Å². The fourth-order valence-electron chi connectivity index (χ4n) is 2.93. The van der Waals surface area contributed by atoms with Crippen LogP contribution in [-0.2, 0) is 11.2 Å². The third kappa shape index (κ3) is 5.04. The van der Waals surface area contributed by atoms with Crippen LogP contribution in [-0.4, -0.2) is 46.9 Å². The molecule has 28 heavy (non-hydrogen) atoms. The van der Waals surface area contributed by atoms with Crippen LogP contribution in [0.1, 0.15) is 24.2 Å². The van der Waals surface area contributed by atoms with E-state index in [0.29, 0.717) is 24.3 Å². The second-order valence-corrected chi connectivity index (χ2v) is 7.18. The summed E-state index contributed by atoms with van der Waals surface area (Å²) in [6.07, 6.45) is 1.99. The highest BCUT2D eigenvalue weighted by Gasteiger charge is 2.22. The summed E-state index contributed by atoms with van der Waals surface area (Å²) in [5.41, 5.74) is 1.11. The third-order valence-electron chi connectivity index (χ3n) is 4.43. The Morgan fingerprint density at radius 1 is 1.39 bits per heavy atom. The van der Waals surface area contributed by atoms with Gasteiger partial charge in [-0.25, -0.2) is 9.02 Å². The van der Waals surface area contributed by atoms with E-state index in [4.69, 9.17) is 4.63 Å². The molecule has 9 nitrogen and oxygen atoms in total. The number of piperidine rings is 1. The molecule has 0 radical (unpaired) electrons. The smallest absolute Gasteiger partial charge is 0.223 e. The Morgan fingerprint density at radius 3 is 2.89 bits per heavy atom. The summed E-state index contributed by atoms with van der Waals surface area (Å²) >= 11 is 3.09. The Kier molecular flexibility index (Phi) is 6.93. The lowest BCUT2D eigenvalue weighted by Crippen LogP contribution is -2.38. The number of hydrogen-bond donors (Lipinski definition) is 4. The molecule has 11 heteroatoms. The van der Waals surface area contributed by atoms with Gasteiger partial charge in [0.2, 0.25) is 11.7 Å². The third-order valence-corrected chi connectivity index (χ3v) is 5.04. The Hall–Kier alpha value is -2.53. The van der Waals surface area contributed by atoms with Gasteiger partial charge in [-0.2, -0.15) is 0 Å². The predicted octanol–water partition coefficient (Wildman–Crippen LogP) is 1.88. The first-order chi connectivity index (χ1) is 13.6. The molecule has 0 saturated carbocycles. The van der Waals surface area contributed by atoms with Crippen molar-refractivity contribution in [3.05, 3.63) is 39.9 Å². The van der Waals surface area contributed by atoms with Gasteiger partial charge in [-0.1, -0.05) is 10.3 Å². The molecule has 2 aromatic rings. The molecule has 150 valence electrons. The average Bonchev–Trinajstić information content (AvgIpc) is 3.17. The molecule has 1 aromatic heterocycles. The number of nitrogens with one attached hydrogen (secondary N) is 3. The number of hydrogen-bond acceptors (Lipinski definition) is 7. The number of benzene rings is 1. The van der Waals surface area contributed by atoms with Crippen LogP contribution >= 0.6 is 15.9 Å². The molecule has 3 rings (SSSR count). The van der Waals surface area contributed by atoms with Gasteiger partial charge in [0, 0.05) is 24.6 Å². The van der Waals surface area contributed by atoms with Gasteiger partial charge in [0.15, 0.2) is 5.69 Å². The SMILES string of the molecule is O=C(NCCc1nonc1/C(=N\O)Nc1ccc(F)c(Br)c1)C1CCNCC1. The van der Waals surface area contributed by atoms with E-state index in [1.807, 2.05) is 0 Å². The second kappa shape index (κ2) is 9.60. The standard InChI is InChI=1S/C17H20BrFN6O3/c18-12-9-11(1-2-13(12)19)22-16(23-27)15-14(24-28-25-15)5-8-21-17(26)10-3-6-20-7-4-10/h1-2,9-10,20,27H,3-8H2,(H,21,26)(H,22,23). The first-order valence-corrected chi connectivity index (χ1v) is 9.62. The highest BCUT2D eigenvalue weighted by atomic mass is 79.9. The zero-order valence-electron chi connectivity index (χ0n) is 14.9. The number of carbonyl (C=O) groups is 1. The van der Waals surface area contributed by atoms with Crippen LogP contribution < -0.4 is 16.0 Å². The van der Waals surface area contributed by atoms with Crippen LogP contribution in [0.25, 0.3) is 0 Å². The quantitative estimate of drug-likeness (QED) is 0.227. The number of nitrogens with zero attached hydrogens (tertiary/aromatic N) is 3. The van der Waals surface area contributed by atoms with Crippen molar-refractivity contribution < 1.29 is 19.0 Å². The lowest BCUT2D eigenvalue weighted by atomic mass is 9.97. The Morgan fingerprint density at radius 2 is 2.18 bits per heavy atom. The number of anilines is 1. The fraction of sp³-hybridized carbons (Fsp3) is 0.412. The van der Waals surface area contributed by atoms with Crippen molar-refractivity contribution in [2.24, 2.45) is 11.1 Å². The second-order valence-electron chi connectivity index (χ2n) is 6.33. The topological polar surface area (TPSA) is 125 Å². The van der Waals surface area contributed by atoms with Gasteiger partial charge in [-0.05, 0) is 65.2 Å². The van der Waals surface area contributed by atoms with Gasteiger partial charge in [0.25, 0.3) is 0 Å². The molecule has 2 heterocycles. The number of amides is 1. The summed E-state index contributed by atoms with van der Waals surface area (Å²) in [4.78, 5) is 12.2. The number of amidine groups is 1. The van der Waals surface area contributed by atoms with Gasteiger partial charge in [0.05, 0.1) is 4.47 Å². The monoisotopic (exact) mass is 454 g/mol. The molecule has 1 aliphatic heterocycles. The largest absolute Gasteiger partial charge is 0.409 e. The van der Waals surface area contributed by atoms with E-state index >= 15 is 0 Å². The summed E-state index contributed by atoms with van der Waals surface area (Å²) in [6, 6.07) is 4.24. The molecule has 0 aliphatic carbocycles. The molecule has 1 aromatic carbocycles. The number of rotatable bonds is 6. The number of aromatic nitrogens is 2. The molecular weight excluding hydrogens is 435 g/mol. The molecular formula is C17H20BrFN6O3. The minimum atomic E-state index is -0.415. The van der Waals surface area contributed by atoms with Gasteiger partial charge < -0.3 is 21.2 Å². The van der Waals surface area contributed by atoms with E-state index in [2.05, 4.69) is 47.3 Å². The van der Waals surface area contributed by atoms with E-state index in [1.54, 1.807) is 0 Å².